The van der Waals surface area contributed by atoms with Crippen molar-refractivity contribution in [2.75, 3.05) is 14.2 Å². The Balaban J connectivity index is 2.41. The molecule has 0 atom stereocenters. The number of carbonyl (C=O) groups excluding carboxylic acids is 1. The fourth-order valence-corrected chi connectivity index (χ4v) is 2.93. The molecule has 0 fully saturated rings. The molecule has 130 valence electrons. The summed E-state index contributed by atoms with van der Waals surface area (Å²) in [6.07, 6.45) is 1.05. The van der Waals surface area contributed by atoms with Gasteiger partial charge < -0.3 is 19.3 Å². The third-order valence-electron chi connectivity index (χ3n) is 3.00. The minimum atomic E-state index is -1.17. The molecule has 0 aliphatic rings. The number of benzene rings is 2. The van der Waals surface area contributed by atoms with Crippen molar-refractivity contribution in [1.82, 2.24) is 0 Å². The molecule has 25 heavy (non-hydrogen) atoms. The highest BCUT2D eigenvalue weighted by Gasteiger charge is 2.21. The Morgan fingerprint density at radius 3 is 2.36 bits per heavy atom. The number of hydrogen-bond acceptors (Lipinski definition) is 6. The van der Waals surface area contributed by atoms with Crippen LogP contribution in [0, 0.1) is 0 Å². The zero-order valence-corrected chi connectivity index (χ0v) is 14.4. The third-order valence-corrected chi connectivity index (χ3v) is 4.07. The van der Waals surface area contributed by atoms with Gasteiger partial charge in [0.1, 0.15) is 17.6 Å². The Kier molecular flexibility index (Phi) is 6.47. The Hall–Kier alpha value is -2.93. The van der Waals surface area contributed by atoms with Gasteiger partial charge in [-0.1, -0.05) is 36.0 Å². The molecule has 0 aliphatic heterocycles. The topological polar surface area (TPSA) is 82.1 Å². The summed E-state index contributed by atoms with van der Waals surface area (Å²) in [6, 6.07) is 14.1. The largest absolute Gasteiger partial charge is 0.500 e. The number of ether oxygens (including phenoxy) is 3. The average molecular weight is 360 g/mol. The van der Waals surface area contributed by atoms with E-state index in [1.54, 1.807) is 12.1 Å². The fraction of sp³-hybridized carbons (Fsp3) is 0.111. The van der Waals surface area contributed by atoms with Crippen molar-refractivity contribution >= 4 is 23.7 Å². The summed E-state index contributed by atoms with van der Waals surface area (Å²) in [5.41, 5.74) is -0.0535. The van der Waals surface area contributed by atoms with E-state index in [0.717, 1.165) is 11.2 Å². The molecule has 0 radical (unpaired) electrons. The number of hydrogen-bond donors (Lipinski definition) is 1. The lowest BCUT2D eigenvalue weighted by atomic mass is 10.2. The van der Waals surface area contributed by atoms with Gasteiger partial charge in [-0.3, -0.25) is 0 Å². The molecule has 6 nitrogen and oxygen atoms in total. The van der Waals surface area contributed by atoms with Crippen LogP contribution in [0.2, 0.25) is 0 Å². The number of methoxy groups -OCH3 is 2. The Bertz CT molecular complexity index is 785. The van der Waals surface area contributed by atoms with E-state index in [1.807, 2.05) is 30.3 Å². The molecule has 0 heterocycles. The summed E-state index contributed by atoms with van der Waals surface area (Å²) in [7, 11) is 2.53. The number of rotatable bonds is 7. The number of esters is 1. The van der Waals surface area contributed by atoms with E-state index in [0.29, 0.717) is 4.90 Å². The highest BCUT2D eigenvalue weighted by molar-refractivity contribution is 7.99. The second-order valence-corrected chi connectivity index (χ2v) is 5.78. The van der Waals surface area contributed by atoms with E-state index in [1.165, 1.54) is 32.0 Å². The standard InChI is InChI=1S/C18H16O6S/c1-22-11-14(18(21)23-2)24-13-9-6-10-15(16(13)17(19)20)25-12-7-4-3-5-8-12/h3-11H,1-2H3,(H,19,20)/b14-11+. The van der Waals surface area contributed by atoms with Gasteiger partial charge in [0.05, 0.1) is 14.2 Å². The molecule has 1 N–H and O–H groups in total. The summed E-state index contributed by atoms with van der Waals surface area (Å²) < 4.78 is 14.8. The van der Waals surface area contributed by atoms with Crippen LogP contribution in [0.4, 0.5) is 0 Å². The second kappa shape index (κ2) is 8.79. The summed E-state index contributed by atoms with van der Waals surface area (Å²) in [6.45, 7) is 0. The molecule has 0 amide bonds. The SMILES string of the molecule is CO/C=C(/Oc1cccc(Sc2ccccc2)c1C(=O)O)C(=O)OC. The van der Waals surface area contributed by atoms with E-state index in [2.05, 4.69) is 4.74 Å². The zero-order valence-electron chi connectivity index (χ0n) is 13.6. The van der Waals surface area contributed by atoms with Gasteiger partial charge in [0.2, 0.25) is 5.76 Å². The number of carboxylic acids is 1. The molecule has 0 bridgehead atoms. The molecular formula is C18H16O6S. The van der Waals surface area contributed by atoms with Crippen molar-refractivity contribution in [3.05, 3.63) is 66.1 Å². The number of aromatic carboxylic acids is 1. The first-order valence-corrected chi connectivity index (χ1v) is 7.96. The number of carbonyl (C=O) groups is 2. The van der Waals surface area contributed by atoms with Crippen LogP contribution in [-0.4, -0.2) is 31.3 Å². The number of carboxylic acid groups (broad SMARTS) is 1. The van der Waals surface area contributed by atoms with Gasteiger partial charge in [-0.15, -0.1) is 0 Å². The van der Waals surface area contributed by atoms with E-state index in [9.17, 15) is 14.7 Å². The van der Waals surface area contributed by atoms with Crippen LogP contribution in [0.1, 0.15) is 10.4 Å². The van der Waals surface area contributed by atoms with Gasteiger partial charge in [-0.25, -0.2) is 9.59 Å². The Morgan fingerprint density at radius 2 is 1.76 bits per heavy atom. The third kappa shape index (κ3) is 4.77. The van der Waals surface area contributed by atoms with Crippen LogP contribution >= 0.6 is 11.8 Å². The average Bonchev–Trinajstić information content (AvgIpc) is 2.61. The summed E-state index contributed by atoms with van der Waals surface area (Å²) in [5.74, 6) is -2.19. The normalized spacial score (nSPS) is 10.9. The minimum Gasteiger partial charge on any atom is -0.500 e. The first-order valence-electron chi connectivity index (χ1n) is 7.15. The Morgan fingerprint density at radius 1 is 1.04 bits per heavy atom. The minimum absolute atomic E-state index is 0.0159. The molecule has 0 aliphatic carbocycles. The van der Waals surface area contributed by atoms with E-state index in [4.69, 9.17) is 9.47 Å². The van der Waals surface area contributed by atoms with Crippen LogP contribution in [0.3, 0.4) is 0 Å². The molecule has 7 heteroatoms. The van der Waals surface area contributed by atoms with E-state index in [-0.39, 0.29) is 17.1 Å². The summed E-state index contributed by atoms with van der Waals surface area (Å²) >= 11 is 1.28. The van der Waals surface area contributed by atoms with Crippen molar-refractivity contribution in [3.63, 3.8) is 0 Å². The van der Waals surface area contributed by atoms with Crippen molar-refractivity contribution in [1.29, 1.82) is 0 Å². The molecule has 0 aromatic heterocycles. The lowest BCUT2D eigenvalue weighted by Crippen LogP contribution is -2.13. The van der Waals surface area contributed by atoms with Gasteiger partial charge in [-0.2, -0.15) is 0 Å². The highest BCUT2D eigenvalue weighted by Crippen LogP contribution is 2.35. The van der Waals surface area contributed by atoms with Crippen LogP contribution in [0.5, 0.6) is 5.75 Å². The highest BCUT2D eigenvalue weighted by atomic mass is 32.2. The van der Waals surface area contributed by atoms with Crippen molar-refractivity contribution < 1.29 is 28.9 Å². The second-order valence-electron chi connectivity index (χ2n) is 4.66. The van der Waals surface area contributed by atoms with Crippen molar-refractivity contribution in [2.45, 2.75) is 9.79 Å². The molecule has 2 aromatic rings. The molecule has 0 unspecified atom stereocenters. The van der Waals surface area contributed by atoms with Gasteiger partial charge >= 0.3 is 11.9 Å². The quantitative estimate of drug-likeness (QED) is 0.459. The first-order chi connectivity index (χ1) is 12.1. The molecular weight excluding hydrogens is 344 g/mol. The van der Waals surface area contributed by atoms with Crippen molar-refractivity contribution in [3.8, 4) is 5.75 Å². The van der Waals surface area contributed by atoms with E-state index < -0.39 is 11.9 Å². The van der Waals surface area contributed by atoms with Gasteiger partial charge in [0.25, 0.3) is 0 Å². The lowest BCUT2D eigenvalue weighted by molar-refractivity contribution is -0.138. The summed E-state index contributed by atoms with van der Waals surface area (Å²) in [4.78, 5) is 24.8. The van der Waals surface area contributed by atoms with Gasteiger partial charge in [-0.05, 0) is 24.3 Å². The molecule has 0 saturated carbocycles. The lowest BCUT2D eigenvalue weighted by Gasteiger charge is -2.13. The van der Waals surface area contributed by atoms with Crippen LogP contribution in [0.25, 0.3) is 0 Å². The first kappa shape index (κ1) is 18.4. The van der Waals surface area contributed by atoms with Crippen LogP contribution in [0.15, 0.2) is 70.3 Å². The van der Waals surface area contributed by atoms with Gasteiger partial charge in [0, 0.05) is 9.79 Å². The van der Waals surface area contributed by atoms with Crippen LogP contribution in [-0.2, 0) is 14.3 Å². The predicted molar refractivity (Wildman–Crippen MR) is 91.7 cm³/mol. The molecule has 0 saturated heterocycles. The molecule has 2 aromatic carbocycles. The van der Waals surface area contributed by atoms with E-state index >= 15 is 0 Å². The molecule has 2 rings (SSSR count). The predicted octanol–water partition coefficient (Wildman–Crippen LogP) is 3.58. The maximum absolute atomic E-state index is 11.8. The Labute approximate surface area is 149 Å². The molecule has 0 spiro atoms. The van der Waals surface area contributed by atoms with Crippen molar-refractivity contribution in [2.24, 2.45) is 0 Å². The van der Waals surface area contributed by atoms with Crippen LogP contribution < -0.4 is 4.74 Å². The fourth-order valence-electron chi connectivity index (χ4n) is 1.95. The van der Waals surface area contributed by atoms with Gasteiger partial charge in [0.15, 0.2) is 0 Å². The zero-order chi connectivity index (χ0) is 18.2. The maximum Gasteiger partial charge on any atom is 0.377 e. The monoisotopic (exact) mass is 360 g/mol. The summed E-state index contributed by atoms with van der Waals surface area (Å²) in [5, 5.41) is 9.60. The maximum atomic E-state index is 11.8. The smallest absolute Gasteiger partial charge is 0.377 e.